The maximum Gasteiger partial charge on any atom is 0.204 e. The van der Waals surface area contributed by atoms with Crippen molar-refractivity contribution in [1.29, 1.82) is 0 Å². The topological polar surface area (TPSA) is 26.3 Å². The third-order valence-electron chi connectivity index (χ3n) is 3.68. The van der Waals surface area contributed by atoms with Crippen molar-refractivity contribution in [3.8, 4) is 5.75 Å². The molecule has 0 bridgehead atoms. The van der Waals surface area contributed by atoms with Crippen molar-refractivity contribution >= 4 is 5.78 Å². The Balaban J connectivity index is 1.93. The van der Waals surface area contributed by atoms with Crippen LogP contribution < -0.4 is 4.74 Å². The molecule has 0 saturated heterocycles. The van der Waals surface area contributed by atoms with Gasteiger partial charge in [-0.05, 0) is 48.7 Å². The number of aryl methyl sites for hydroxylation is 2. The Morgan fingerprint density at radius 2 is 1.85 bits per heavy atom. The molecule has 3 heteroatoms. The van der Waals surface area contributed by atoms with E-state index >= 15 is 0 Å². The molecule has 102 valence electrons. The monoisotopic (exact) mass is 270 g/mol. The Kier molecular flexibility index (Phi) is 3.05. The van der Waals surface area contributed by atoms with Crippen molar-refractivity contribution in [1.82, 2.24) is 0 Å². The average molecular weight is 270 g/mol. The second kappa shape index (κ2) is 4.75. The van der Waals surface area contributed by atoms with Gasteiger partial charge in [-0.2, -0.15) is 0 Å². The first-order valence-corrected chi connectivity index (χ1v) is 6.62. The minimum absolute atomic E-state index is 0.0730. The van der Waals surface area contributed by atoms with E-state index in [0.717, 1.165) is 11.3 Å². The van der Waals surface area contributed by atoms with Crippen molar-refractivity contribution in [2.24, 2.45) is 0 Å². The highest BCUT2D eigenvalue weighted by Gasteiger charge is 2.31. The highest BCUT2D eigenvalue weighted by Crippen LogP contribution is 2.30. The Hall–Kier alpha value is -2.16. The van der Waals surface area contributed by atoms with E-state index in [1.807, 2.05) is 24.3 Å². The zero-order valence-electron chi connectivity index (χ0n) is 11.4. The molecule has 0 spiro atoms. The number of para-hydroxylation sites is 1. The highest BCUT2D eigenvalue weighted by molar-refractivity contribution is 6.02. The van der Waals surface area contributed by atoms with Crippen molar-refractivity contribution in [2.75, 3.05) is 0 Å². The molecular formula is C17H15FO2. The largest absolute Gasteiger partial charge is 0.482 e. The molecule has 0 aliphatic carbocycles. The number of carbonyl (C=O) groups excluding carboxylic acids is 1. The molecule has 3 rings (SSSR count). The maximum absolute atomic E-state index is 13.3. The molecule has 20 heavy (non-hydrogen) atoms. The number of rotatable bonds is 2. The summed E-state index contributed by atoms with van der Waals surface area (Å²) >= 11 is 0. The number of ether oxygens (including phenoxy) is 1. The van der Waals surface area contributed by atoms with Crippen molar-refractivity contribution in [3.05, 3.63) is 64.5 Å². The van der Waals surface area contributed by atoms with E-state index in [1.54, 1.807) is 13.8 Å². The van der Waals surface area contributed by atoms with Gasteiger partial charge < -0.3 is 4.74 Å². The van der Waals surface area contributed by atoms with Gasteiger partial charge in [0, 0.05) is 12.0 Å². The van der Waals surface area contributed by atoms with Gasteiger partial charge >= 0.3 is 0 Å². The van der Waals surface area contributed by atoms with Crippen molar-refractivity contribution in [2.45, 2.75) is 26.4 Å². The first kappa shape index (κ1) is 12.9. The number of carbonyl (C=O) groups is 1. The summed E-state index contributed by atoms with van der Waals surface area (Å²) in [4.78, 5) is 12.6. The van der Waals surface area contributed by atoms with E-state index in [0.29, 0.717) is 23.1 Å². The lowest BCUT2D eigenvalue weighted by Gasteiger charge is -2.14. The molecular weight excluding hydrogens is 255 g/mol. The van der Waals surface area contributed by atoms with Crippen LogP contribution in [-0.4, -0.2) is 11.9 Å². The van der Waals surface area contributed by atoms with Gasteiger partial charge in [-0.15, -0.1) is 0 Å². The molecule has 0 aromatic heterocycles. The van der Waals surface area contributed by atoms with Crippen molar-refractivity contribution < 1.29 is 13.9 Å². The zero-order chi connectivity index (χ0) is 14.3. The predicted octanol–water partition coefficient (Wildman–Crippen LogP) is 3.63. The smallest absolute Gasteiger partial charge is 0.204 e. The van der Waals surface area contributed by atoms with Crippen LogP contribution in [-0.2, 0) is 6.42 Å². The van der Waals surface area contributed by atoms with Gasteiger partial charge in [-0.3, -0.25) is 4.79 Å². The van der Waals surface area contributed by atoms with E-state index in [-0.39, 0.29) is 11.6 Å². The standard InChI is InChI=1S/C17H15FO2/c1-10-7-13(18)8-11(2)16(10)17(19)15-9-12-5-3-4-6-14(12)20-15/h3-8,15H,9H2,1-2H3. The van der Waals surface area contributed by atoms with Crippen molar-refractivity contribution in [3.63, 3.8) is 0 Å². The quantitative estimate of drug-likeness (QED) is 0.779. The summed E-state index contributed by atoms with van der Waals surface area (Å²) in [6.07, 6.45) is 0.0703. The summed E-state index contributed by atoms with van der Waals surface area (Å²) in [6, 6.07) is 10.4. The van der Waals surface area contributed by atoms with Gasteiger partial charge in [0.2, 0.25) is 5.78 Å². The summed E-state index contributed by atoms with van der Waals surface area (Å²) in [5.41, 5.74) is 2.94. The summed E-state index contributed by atoms with van der Waals surface area (Å²) in [6.45, 7) is 3.51. The van der Waals surface area contributed by atoms with E-state index in [1.165, 1.54) is 12.1 Å². The molecule has 0 radical (unpaired) electrons. The molecule has 1 heterocycles. The van der Waals surface area contributed by atoms with Crippen LogP contribution in [0.3, 0.4) is 0 Å². The maximum atomic E-state index is 13.3. The Morgan fingerprint density at radius 1 is 1.20 bits per heavy atom. The normalized spacial score (nSPS) is 16.6. The molecule has 2 aromatic carbocycles. The zero-order valence-corrected chi connectivity index (χ0v) is 11.4. The number of fused-ring (bicyclic) bond motifs is 1. The summed E-state index contributed by atoms with van der Waals surface area (Å²) in [7, 11) is 0. The molecule has 1 aliphatic heterocycles. The van der Waals surface area contributed by atoms with Gasteiger partial charge in [0.1, 0.15) is 11.6 Å². The minimum atomic E-state index is -0.504. The summed E-state index contributed by atoms with van der Waals surface area (Å²) in [5.74, 6) is 0.381. The predicted molar refractivity (Wildman–Crippen MR) is 74.8 cm³/mol. The lowest BCUT2D eigenvalue weighted by molar-refractivity contribution is 0.0823. The number of Topliss-reactive ketones (excluding diaryl/α,β-unsaturated/α-hetero) is 1. The third kappa shape index (κ3) is 2.09. The first-order chi connectivity index (χ1) is 9.56. The van der Waals surface area contributed by atoms with Crippen LogP contribution in [0.5, 0.6) is 5.75 Å². The third-order valence-corrected chi connectivity index (χ3v) is 3.68. The Morgan fingerprint density at radius 3 is 2.50 bits per heavy atom. The Bertz CT molecular complexity index is 643. The van der Waals surface area contributed by atoms with Gasteiger partial charge in [-0.1, -0.05) is 18.2 Å². The summed E-state index contributed by atoms with van der Waals surface area (Å²) < 4.78 is 19.0. The fourth-order valence-electron chi connectivity index (χ4n) is 2.79. The lowest BCUT2D eigenvalue weighted by Crippen LogP contribution is -2.26. The van der Waals surface area contributed by atoms with E-state index in [9.17, 15) is 9.18 Å². The second-order valence-electron chi connectivity index (χ2n) is 5.20. The average Bonchev–Trinajstić information content (AvgIpc) is 2.81. The molecule has 2 aromatic rings. The van der Waals surface area contributed by atoms with Crippen LogP contribution in [0.15, 0.2) is 36.4 Å². The number of ketones is 1. The van der Waals surface area contributed by atoms with E-state index in [2.05, 4.69) is 0 Å². The SMILES string of the molecule is Cc1cc(F)cc(C)c1C(=O)C1Cc2ccccc2O1. The van der Waals surface area contributed by atoms with Crippen LogP contribution in [0.25, 0.3) is 0 Å². The lowest BCUT2D eigenvalue weighted by atomic mass is 9.94. The molecule has 0 N–H and O–H groups in total. The van der Waals surface area contributed by atoms with E-state index < -0.39 is 6.10 Å². The molecule has 1 unspecified atom stereocenters. The molecule has 0 saturated carbocycles. The fraction of sp³-hybridized carbons (Fsp3) is 0.235. The van der Waals surface area contributed by atoms with Crippen LogP contribution in [0.1, 0.15) is 27.0 Å². The number of benzene rings is 2. The number of halogens is 1. The van der Waals surface area contributed by atoms with Gasteiger partial charge in [-0.25, -0.2) is 4.39 Å². The number of hydrogen-bond donors (Lipinski definition) is 0. The minimum Gasteiger partial charge on any atom is -0.482 e. The molecule has 1 aliphatic rings. The second-order valence-corrected chi connectivity index (χ2v) is 5.20. The Labute approximate surface area is 117 Å². The molecule has 1 atom stereocenters. The molecule has 0 amide bonds. The van der Waals surface area contributed by atoms with Crippen LogP contribution in [0.4, 0.5) is 4.39 Å². The molecule has 0 fully saturated rings. The summed E-state index contributed by atoms with van der Waals surface area (Å²) in [5, 5.41) is 0. The van der Waals surface area contributed by atoms with Crippen LogP contribution in [0, 0.1) is 19.7 Å². The highest BCUT2D eigenvalue weighted by atomic mass is 19.1. The van der Waals surface area contributed by atoms with E-state index in [4.69, 9.17) is 4.74 Å². The van der Waals surface area contributed by atoms with Gasteiger partial charge in [0.25, 0.3) is 0 Å². The van der Waals surface area contributed by atoms with Crippen LogP contribution >= 0.6 is 0 Å². The number of hydrogen-bond acceptors (Lipinski definition) is 2. The van der Waals surface area contributed by atoms with Gasteiger partial charge in [0.05, 0.1) is 0 Å². The fourth-order valence-corrected chi connectivity index (χ4v) is 2.79. The molecule has 2 nitrogen and oxygen atoms in total. The first-order valence-electron chi connectivity index (χ1n) is 6.62. The van der Waals surface area contributed by atoms with Crippen LogP contribution in [0.2, 0.25) is 0 Å². The van der Waals surface area contributed by atoms with Gasteiger partial charge in [0.15, 0.2) is 6.10 Å².